The van der Waals surface area contributed by atoms with Crippen LogP contribution in [0, 0.1) is 0 Å². The molecular weight excluding hydrogens is 293 g/mol. The van der Waals surface area contributed by atoms with Gasteiger partial charge in [0.05, 0.1) is 18.2 Å². The number of halogens is 3. The van der Waals surface area contributed by atoms with Gasteiger partial charge < -0.3 is 15.1 Å². The highest BCUT2D eigenvalue weighted by molar-refractivity contribution is 5.66. The van der Waals surface area contributed by atoms with E-state index in [1.807, 2.05) is 0 Å². The summed E-state index contributed by atoms with van der Waals surface area (Å²) >= 11 is 0. The van der Waals surface area contributed by atoms with Crippen molar-refractivity contribution in [2.45, 2.75) is 12.2 Å². The molecule has 1 fully saturated rings. The maximum absolute atomic E-state index is 12.4. The molecule has 1 aromatic rings. The molecule has 1 aliphatic rings. The average molecular weight is 306 g/mol. The maximum Gasteiger partial charge on any atom is 0.419 e. The van der Waals surface area contributed by atoms with Crippen molar-refractivity contribution in [1.29, 1.82) is 0 Å². The smallest absolute Gasteiger partial charge is 0.419 e. The van der Waals surface area contributed by atoms with Crippen LogP contribution in [-0.4, -0.2) is 63.5 Å². The Morgan fingerprint density at radius 3 is 2.43 bits per heavy atom. The van der Waals surface area contributed by atoms with E-state index in [4.69, 9.17) is 5.11 Å². The number of amides is 1. The van der Waals surface area contributed by atoms with E-state index in [1.165, 1.54) is 0 Å². The van der Waals surface area contributed by atoms with Crippen LogP contribution in [0.2, 0.25) is 0 Å². The lowest BCUT2D eigenvalue weighted by atomic mass is 10.2. The molecule has 7 nitrogen and oxygen atoms in total. The Morgan fingerprint density at radius 1 is 1.33 bits per heavy atom. The largest absolute Gasteiger partial charge is 0.465 e. The van der Waals surface area contributed by atoms with E-state index in [0.717, 1.165) is 4.90 Å². The highest BCUT2D eigenvalue weighted by atomic mass is 19.4. The van der Waals surface area contributed by atoms with Crippen LogP contribution in [0.25, 0.3) is 0 Å². The lowest BCUT2D eigenvalue weighted by molar-refractivity contribution is -0.138. The van der Waals surface area contributed by atoms with Gasteiger partial charge in [-0.2, -0.15) is 13.2 Å². The summed E-state index contributed by atoms with van der Waals surface area (Å²) in [5.74, 6) is 0.0755. The second kappa shape index (κ2) is 5.72. The predicted octanol–water partition coefficient (Wildman–Crippen LogP) is 0.656. The van der Waals surface area contributed by atoms with Crippen molar-refractivity contribution >= 4 is 12.0 Å². The monoisotopic (exact) mass is 306 g/mol. The molecule has 0 aromatic carbocycles. The maximum atomic E-state index is 12.4. The number of hydrogen-bond acceptors (Lipinski definition) is 5. The first-order valence-corrected chi connectivity index (χ1v) is 6.07. The quantitative estimate of drug-likeness (QED) is 0.834. The van der Waals surface area contributed by atoms with Gasteiger partial charge in [0.15, 0.2) is 0 Å². The van der Waals surface area contributed by atoms with Crippen LogP contribution in [0.1, 0.15) is 5.56 Å². The van der Waals surface area contributed by atoms with Gasteiger partial charge in [-0.25, -0.2) is 14.8 Å². The van der Waals surface area contributed by atoms with Crippen LogP contribution < -0.4 is 4.90 Å². The van der Waals surface area contributed by atoms with Crippen LogP contribution in [0.3, 0.4) is 0 Å². The first-order valence-electron chi connectivity index (χ1n) is 6.07. The van der Waals surface area contributed by atoms with Gasteiger partial charge in [-0.15, -0.1) is 0 Å². The lowest BCUT2D eigenvalue weighted by Gasteiger charge is -2.39. The van der Waals surface area contributed by atoms with E-state index in [1.54, 1.807) is 4.90 Å². The molecular formula is C11H13F3N4O3. The van der Waals surface area contributed by atoms with Gasteiger partial charge in [0.25, 0.3) is 0 Å². The fourth-order valence-corrected chi connectivity index (χ4v) is 2.08. The fraction of sp³-hybridized carbons (Fsp3) is 0.545. The SMILES string of the molecule is O=C(O)N1CCN(c2ncc(C(F)(F)F)cn2)CC1CO. The Labute approximate surface area is 117 Å². The van der Waals surface area contributed by atoms with Crippen LogP contribution in [-0.2, 0) is 6.18 Å². The third-order valence-electron chi connectivity index (χ3n) is 3.19. The molecule has 1 aromatic heterocycles. The summed E-state index contributed by atoms with van der Waals surface area (Å²) in [5, 5.41) is 18.2. The molecule has 2 N–H and O–H groups in total. The molecule has 0 saturated carbocycles. The number of nitrogens with zero attached hydrogens (tertiary/aromatic N) is 4. The van der Waals surface area contributed by atoms with Gasteiger partial charge in [0.1, 0.15) is 0 Å². The van der Waals surface area contributed by atoms with Crippen molar-refractivity contribution in [3.63, 3.8) is 0 Å². The van der Waals surface area contributed by atoms with Crippen LogP contribution >= 0.6 is 0 Å². The molecule has 1 aliphatic heterocycles. The summed E-state index contributed by atoms with van der Waals surface area (Å²) in [4.78, 5) is 20.9. The molecule has 1 saturated heterocycles. The summed E-state index contributed by atoms with van der Waals surface area (Å²) in [6.07, 6.45) is -4.30. The van der Waals surface area contributed by atoms with Crippen LogP contribution in [0.15, 0.2) is 12.4 Å². The highest BCUT2D eigenvalue weighted by Crippen LogP contribution is 2.28. The number of rotatable bonds is 2. The second-order valence-electron chi connectivity index (χ2n) is 4.53. The van der Waals surface area contributed by atoms with E-state index >= 15 is 0 Å². The minimum atomic E-state index is -4.51. The number of hydrogen-bond donors (Lipinski definition) is 2. The van der Waals surface area contributed by atoms with Gasteiger partial charge in [0, 0.05) is 32.0 Å². The average Bonchev–Trinajstić information content (AvgIpc) is 2.45. The van der Waals surface area contributed by atoms with Gasteiger partial charge in [-0.3, -0.25) is 4.90 Å². The van der Waals surface area contributed by atoms with E-state index in [-0.39, 0.29) is 32.2 Å². The second-order valence-corrected chi connectivity index (χ2v) is 4.53. The number of anilines is 1. The lowest BCUT2D eigenvalue weighted by Crippen LogP contribution is -2.56. The molecule has 2 heterocycles. The number of carboxylic acid groups (broad SMARTS) is 1. The number of alkyl halides is 3. The molecule has 0 bridgehead atoms. The number of aliphatic hydroxyl groups excluding tert-OH is 1. The molecule has 116 valence electrons. The van der Waals surface area contributed by atoms with E-state index in [0.29, 0.717) is 12.4 Å². The minimum absolute atomic E-state index is 0.0755. The van der Waals surface area contributed by atoms with E-state index < -0.39 is 23.9 Å². The molecule has 21 heavy (non-hydrogen) atoms. The molecule has 1 unspecified atom stereocenters. The number of piperazine rings is 1. The van der Waals surface area contributed by atoms with Crippen molar-refractivity contribution in [2.24, 2.45) is 0 Å². The third-order valence-corrected chi connectivity index (χ3v) is 3.19. The van der Waals surface area contributed by atoms with Crippen molar-refractivity contribution in [2.75, 3.05) is 31.1 Å². The molecule has 1 amide bonds. The summed E-state index contributed by atoms with van der Waals surface area (Å²) in [7, 11) is 0. The zero-order valence-electron chi connectivity index (χ0n) is 10.8. The Morgan fingerprint density at radius 2 is 1.95 bits per heavy atom. The normalized spacial score (nSPS) is 19.7. The highest BCUT2D eigenvalue weighted by Gasteiger charge is 2.33. The zero-order chi connectivity index (χ0) is 15.6. The Bertz CT molecular complexity index is 508. The van der Waals surface area contributed by atoms with Gasteiger partial charge in [-0.1, -0.05) is 0 Å². The standard InChI is InChI=1S/C11H13F3N4O3/c12-11(13,14)7-3-15-9(16-4-7)17-1-2-18(10(20)21)8(5-17)6-19/h3-4,8,19H,1-2,5-6H2,(H,20,21). The van der Waals surface area contributed by atoms with Crippen molar-refractivity contribution in [3.8, 4) is 0 Å². The number of aliphatic hydroxyl groups is 1. The molecule has 10 heteroatoms. The van der Waals surface area contributed by atoms with Gasteiger partial charge in [0.2, 0.25) is 5.95 Å². The fourth-order valence-electron chi connectivity index (χ4n) is 2.08. The van der Waals surface area contributed by atoms with E-state index in [2.05, 4.69) is 9.97 Å². The first-order chi connectivity index (χ1) is 9.82. The summed E-state index contributed by atoms with van der Waals surface area (Å²) in [5.41, 5.74) is -0.950. The van der Waals surface area contributed by atoms with Crippen molar-refractivity contribution in [1.82, 2.24) is 14.9 Å². The Kier molecular flexibility index (Phi) is 4.16. The van der Waals surface area contributed by atoms with Crippen molar-refractivity contribution < 1.29 is 28.2 Å². The Hall–Kier alpha value is -2.10. The summed E-state index contributed by atoms with van der Waals surface area (Å²) in [6, 6.07) is -0.665. The van der Waals surface area contributed by atoms with Crippen molar-refractivity contribution in [3.05, 3.63) is 18.0 Å². The number of carbonyl (C=O) groups is 1. The molecule has 0 radical (unpaired) electrons. The first kappa shape index (κ1) is 15.3. The molecule has 0 spiro atoms. The van der Waals surface area contributed by atoms with Crippen LogP contribution in [0.4, 0.5) is 23.9 Å². The molecule has 2 rings (SSSR count). The number of aromatic nitrogens is 2. The van der Waals surface area contributed by atoms with Gasteiger partial charge in [-0.05, 0) is 0 Å². The molecule has 0 aliphatic carbocycles. The molecule has 1 atom stereocenters. The Balaban J connectivity index is 2.11. The third kappa shape index (κ3) is 3.32. The van der Waals surface area contributed by atoms with Crippen LogP contribution in [0.5, 0.6) is 0 Å². The minimum Gasteiger partial charge on any atom is -0.465 e. The summed E-state index contributed by atoms with van der Waals surface area (Å²) < 4.78 is 37.3. The topological polar surface area (TPSA) is 89.8 Å². The van der Waals surface area contributed by atoms with E-state index in [9.17, 15) is 23.1 Å². The van der Waals surface area contributed by atoms with Gasteiger partial charge >= 0.3 is 12.3 Å². The zero-order valence-corrected chi connectivity index (χ0v) is 10.8. The summed E-state index contributed by atoms with van der Waals surface area (Å²) in [6.45, 7) is 0.0940. The predicted molar refractivity (Wildman–Crippen MR) is 64.9 cm³/mol.